The number of nitrogens with one attached hydrogen (secondary N) is 1. The molecule has 9 nitrogen and oxygen atoms in total. The van der Waals surface area contributed by atoms with E-state index in [9.17, 15) is 14.8 Å². The van der Waals surface area contributed by atoms with Crippen LogP contribution in [0.2, 0.25) is 0 Å². The van der Waals surface area contributed by atoms with E-state index in [0.717, 1.165) is 32.7 Å². The van der Waals surface area contributed by atoms with E-state index in [0.29, 0.717) is 6.42 Å². The van der Waals surface area contributed by atoms with Crippen LogP contribution in [0, 0.1) is 5.21 Å². The average Bonchev–Trinajstić information content (AvgIpc) is 2.59. The van der Waals surface area contributed by atoms with Crippen molar-refractivity contribution in [3.05, 3.63) is 29.5 Å². The molecule has 0 aliphatic carbocycles. The zero-order chi connectivity index (χ0) is 18.2. The molecule has 0 radical (unpaired) electrons. The lowest BCUT2D eigenvalue weighted by Gasteiger charge is -2.34. The maximum absolute atomic E-state index is 11.6. The maximum Gasteiger partial charge on any atom is 0.513 e. The van der Waals surface area contributed by atoms with Crippen LogP contribution in [0.1, 0.15) is 13.3 Å². The van der Waals surface area contributed by atoms with E-state index < -0.39 is 11.4 Å². The van der Waals surface area contributed by atoms with E-state index in [1.807, 2.05) is 4.90 Å². The Hall–Kier alpha value is -2.20. The third kappa shape index (κ3) is 6.31. The zero-order valence-corrected chi connectivity index (χ0v) is 14.1. The SMILES string of the molecule is CC(=O)N1CCN(CCCOC(=O)Oc2ccc([NH+]([O-])O)cc2)CC1. The molecule has 2 rings (SSSR count). The summed E-state index contributed by atoms with van der Waals surface area (Å²) in [5, 5.41) is 18.5. The van der Waals surface area contributed by atoms with E-state index in [-0.39, 0.29) is 24.0 Å². The molecule has 1 unspecified atom stereocenters. The summed E-state index contributed by atoms with van der Waals surface area (Å²) in [5.41, 5.74) is 0.116. The van der Waals surface area contributed by atoms with Gasteiger partial charge in [0, 0.05) is 51.8 Å². The molecular formula is C16H23N3O6. The van der Waals surface area contributed by atoms with Crippen LogP contribution in [0.4, 0.5) is 10.5 Å². The molecule has 1 aromatic rings. The van der Waals surface area contributed by atoms with Gasteiger partial charge >= 0.3 is 6.16 Å². The lowest BCUT2D eigenvalue weighted by atomic mass is 10.3. The highest BCUT2D eigenvalue weighted by Gasteiger charge is 2.18. The second-order valence-electron chi connectivity index (χ2n) is 5.73. The van der Waals surface area contributed by atoms with Crippen LogP contribution < -0.4 is 9.96 Å². The van der Waals surface area contributed by atoms with Gasteiger partial charge in [0.05, 0.1) is 6.61 Å². The number of piperazine rings is 1. The molecule has 0 bridgehead atoms. The molecular weight excluding hydrogens is 330 g/mol. The summed E-state index contributed by atoms with van der Waals surface area (Å²) in [4.78, 5) is 26.9. The number of amides is 1. The van der Waals surface area contributed by atoms with Gasteiger partial charge in [0.25, 0.3) is 0 Å². The highest BCUT2D eigenvalue weighted by molar-refractivity contribution is 5.73. The number of quaternary nitrogens is 1. The van der Waals surface area contributed by atoms with Gasteiger partial charge in [-0.1, -0.05) is 0 Å². The van der Waals surface area contributed by atoms with Crippen molar-refractivity contribution in [1.82, 2.24) is 9.80 Å². The monoisotopic (exact) mass is 353 g/mol. The molecule has 1 heterocycles. The summed E-state index contributed by atoms with van der Waals surface area (Å²) in [6.07, 6.45) is -0.142. The summed E-state index contributed by atoms with van der Waals surface area (Å²) >= 11 is 0. The Morgan fingerprint density at radius 1 is 1.20 bits per heavy atom. The van der Waals surface area contributed by atoms with E-state index in [1.54, 1.807) is 6.92 Å². The molecule has 1 atom stereocenters. The van der Waals surface area contributed by atoms with Crippen LogP contribution >= 0.6 is 0 Å². The first-order valence-corrected chi connectivity index (χ1v) is 8.11. The van der Waals surface area contributed by atoms with Crippen molar-refractivity contribution < 1.29 is 29.5 Å². The van der Waals surface area contributed by atoms with Crippen molar-refractivity contribution in [3.8, 4) is 5.75 Å². The molecule has 25 heavy (non-hydrogen) atoms. The fourth-order valence-electron chi connectivity index (χ4n) is 2.52. The van der Waals surface area contributed by atoms with Crippen LogP contribution in [0.5, 0.6) is 5.75 Å². The number of ether oxygens (including phenoxy) is 2. The Labute approximate surface area is 145 Å². The highest BCUT2D eigenvalue weighted by Crippen LogP contribution is 2.13. The number of benzene rings is 1. The van der Waals surface area contributed by atoms with Gasteiger partial charge in [-0.3, -0.25) is 9.69 Å². The van der Waals surface area contributed by atoms with Gasteiger partial charge in [0.1, 0.15) is 5.75 Å². The van der Waals surface area contributed by atoms with E-state index in [1.165, 1.54) is 24.3 Å². The van der Waals surface area contributed by atoms with Crippen molar-refractivity contribution in [2.24, 2.45) is 0 Å². The molecule has 1 aliphatic rings. The van der Waals surface area contributed by atoms with Crippen molar-refractivity contribution in [2.75, 3.05) is 39.3 Å². The molecule has 1 saturated heterocycles. The molecule has 9 heteroatoms. The Bertz CT molecular complexity index is 570. The predicted octanol–water partition coefficient (Wildman–Crippen LogP) is 0.160. The summed E-state index contributed by atoms with van der Waals surface area (Å²) in [6.45, 7) is 5.69. The second kappa shape index (κ2) is 9.33. The van der Waals surface area contributed by atoms with Gasteiger partial charge in [-0.25, -0.2) is 10.0 Å². The number of carbonyl (C=O) groups excluding carboxylic acids is 2. The number of hydrogen-bond acceptors (Lipinski definition) is 7. The van der Waals surface area contributed by atoms with Gasteiger partial charge in [-0.15, -0.1) is 0 Å². The molecule has 1 amide bonds. The predicted molar refractivity (Wildman–Crippen MR) is 87.5 cm³/mol. The fourth-order valence-corrected chi connectivity index (χ4v) is 2.52. The Morgan fingerprint density at radius 3 is 2.40 bits per heavy atom. The maximum atomic E-state index is 11.6. The fraction of sp³-hybridized carbons (Fsp3) is 0.500. The average molecular weight is 353 g/mol. The Morgan fingerprint density at radius 2 is 1.84 bits per heavy atom. The minimum atomic E-state index is -1.04. The smallest absolute Gasteiger partial charge is 0.513 e. The van der Waals surface area contributed by atoms with Crippen LogP contribution in [-0.2, 0) is 9.53 Å². The van der Waals surface area contributed by atoms with Gasteiger partial charge in [0.15, 0.2) is 5.69 Å². The molecule has 2 N–H and O–H groups in total. The minimum Gasteiger partial charge on any atom is -0.595 e. The van der Waals surface area contributed by atoms with Gasteiger partial charge < -0.3 is 19.6 Å². The standard InChI is InChI=1S/C16H23N3O6/c1-13(20)18-10-8-17(9-11-18)7-2-12-24-16(21)25-15-5-3-14(4-6-15)19(22)23/h3-6,19,22H,2,7-12H2,1H3. The molecule has 0 spiro atoms. The molecule has 1 fully saturated rings. The number of rotatable bonds is 6. The van der Waals surface area contributed by atoms with Crippen LogP contribution in [0.25, 0.3) is 0 Å². The van der Waals surface area contributed by atoms with E-state index >= 15 is 0 Å². The highest BCUT2D eigenvalue weighted by atomic mass is 16.8. The molecule has 0 saturated carbocycles. The third-order valence-corrected chi connectivity index (χ3v) is 3.96. The Kier molecular flexibility index (Phi) is 7.14. The first-order chi connectivity index (χ1) is 12.0. The molecule has 0 aromatic heterocycles. The number of carbonyl (C=O) groups is 2. The molecule has 138 valence electrons. The van der Waals surface area contributed by atoms with Crippen molar-refractivity contribution >= 4 is 17.7 Å². The van der Waals surface area contributed by atoms with Crippen molar-refractivity contribution in [3.63, 3.8) is 0 Å². The van der Waals surface area contributed by atoms with E-state index in [2.05, 4.69) is 4.90 Å². The molecule has 1 aliphatic heterocycles. The zero-order valence-electron chi connectivity index (χ0n) is 14.1. The molecule has 1 aromatic carbocycles. The largest absolute Gasteiger partial charge is 0.595 e. The number of nitrogens with zero attached hydrogens (tertiary/aromatic N) is 2. The lowest BCUT2D eigenvalue weighted by molar-refractivity contribution is -0.991. The summed E-state index contributed by atoms with van der Waals surface area (Å²) in [7, 11) is 0. The number of hydrogen-bond donors (Lipinski definition) is 2. The Balaban J connectivity index is 1.60. The summed E-state index contributed by atoms with van der Waals surface area (Å²) in [5.74, 6) is 0.331. The van der Waals surface area contributed by atoms with Crippen molar-refractivity contribution in [2.45, 2.75) is 13.3 Å². The first-order valence-electron chi connectivity index (χ1n) is 8.11. The summed E-state index contributed by atoms with van der Waals surface area (Å²) in [6, 6.07) is 5.51. The van der Waals surface area contributed by atoms with Gasteiger partial charge in [-0.05, 0) is 18.6 Å². The topological polar surface area (TPSA) is 107 Å². The van der Waals surface area contributed by atoms with E-state index in [4.69, 9.17) is 14.7 Å². The van der Waals surface area contributed by atoms with Crippen LogP contribution in [0.15, 0.2) is 24.3 Å². The first kappa shape index (κ1) is 19.1. The summed E-state index contributed by atoms with van der Waals surface area (Å²) < 4.78 is 9.98. The van der Waals surface area contributed by atoms with Crippen LogP contribution in [-0.4, -0.2) is 66.4 Å². The van der Waals surface area contributed by atoms with Crippen molar-refractivity contribution in [1.29, 1.82) is 0 Å². The normalized spacial score (nSPS) is 16.4. The minimum absolute atomic E-state index is 0.0992. The quantitative estimate of drug-likeness (QED) is 0.325. The van der Waals surface area contributed by atoms with Gasteiger partial charge in [0.2, 0.25) is 5.91 Å². The van der Waals surface area contributed by atoms with Gasteiger partial charge in [-0.2, -0.15) is 5.23 Å². The van der Waals surface area contributed by atoms with Crippen LogP contribution in [0.3, 0.4) is 0 Å². The lowest BCUT2D eigenvalue weighted by Crippen LogP contribution is -2.99. The second-order valence-corrected chi connectivity index (χ2v) is 5.73. The third-order valence-electron chi connectivity index (χ3n) is 3.96.